The third-order valence-electron chi connectivity index (χ3n) is 6.19. The summed E-state index contributed by atoms with van der Waals surface area (Å²) in [7, 11) is -2.34. The van der Waals surface area contributed by atoms with E-state index in [2.05, 4.69) is 19.2 Å². The van der Waals surface area contributed by atoms with Crippen molar-refractivity contribution in [3.8, 4) is 5.75 Å². The summed E-state index contributed by atoms with van der Waals surface area (Å²) in [5.74, 6) is 0.747. The van der Waals surface area contributed by atoms with Crippen molar-refractivity contribution < 1.29 is 23.1 Å². The van der Waals surface area contributed by atoms with Gasteiger partial charge in [0.2, 0.25) is 10.0 Å². The molecule has 1 aromatic carbocycles. The maximum Gasteiger partial charge on any atom is 0.251 e. The molecule has 1 aliphatic carbocycles. The Bertz CT molecular complexity index is 847. The molecule has 1 heterocycles. The zero-order chi connectivity index (χ0) is 21.9. The first-order chi connectivity index (χ1) is 14.2. The van der Waals surface area contributed by atoms with Crippen LogP contribution >= 0.6 is 0 Å². The summed E-state index contributed by atoms with van der Waals surface area (Å²) >= 11 is 0. The van der Waals surface area contributed by atoms with Gasteiger partial charge in [-0.05, 0) is 61.6 Å². The van der Waals surface area contributed by atoms with Gasteiger partial charge < -0.3 is 15.2 Å². The van der Waals surface area contributed by atoms with E-state index in [0.717, 1.165) is 25.7 Å². The molecule has 0 aromatic heterocycles. The summed E-state index contributed by atoms with van der Waals surface area (Å²) in [6.07, 6.45) is 4.14. The van der Waals surface area contributed by atoms with Crippen LogP contribution in [-0.4, -0.2) is 56.6 Å². The number of hydrogen-bond donors (Lipinski definition) is 2. The average molecular weight is 439 g/mol. The number of carbonyl (C=O) groups excluding carboxylic acids is 1. The molecule has 1 amide bonds. The minimum atomic E-state index is -3.77. The van der Waals surface area contributed by atoms with Gasteiger partial charge >= 0.3 is 0 Å². The second-order valence-electron chi connectivity index (χ2n) is 9.03. The monoisotopic (exact) mass is 438 g/mol. The average Bonchev–Trinajstić information content (AvgIpc) is 2.71. The summed E-state index contributed by atoms with van der Waals surface area (Å²) in [6.45, 7) is 5.53. The highest BCUT2D eigenvalue weighted by Gasteiger charge is 2.34. The Balaban J connectivity index is 1.78. The Morgan fingerprint density at radius 2 is 1.90 bits per heavy atom. The molecule has 0 unspecified atom stereocenters. The van der Waals surface area contributed by atoms with E-state index in [4.69, 9.17) is 4.74 Å². The van der Waals surface area contributed by atoms with E-state index in [1.165, 1.54) is 17.5 Å². The molecular weight excluding hydrogens is 404 g/mol. The van der Waals surface area contributed by atoms with Gasteiger partial charge in [0.25, 0.3) is 5.91 Å². The maximum absolute atomic E-state index is 13.4. The number of sulfonamides is 1. The molecule has 7 nitrogen and oxygen atoms in total. The van der Waals surface area contributed by atoms with Crippen molar-refractivity contribution >= 4 is 15.9 Å². The predicted octanol–water partition coefficient (Wildman–Crippen LogP) is 2.64. The lowest BCUT2D eigenvalue weighted by molar-refractivity contribution is 0.0873. The maximum atomic E-state index is 13.4. The number of amides is 1. The topological polar surface area (TPSA) is 95.9 Å². The molecule has 0 spiro atoms. The summed E-state index contributed by atoms with van der Waals surface area (Å²) in [4.78, 5) is 12.7. The van der Waals surface area contributed by atoms with E-state index in [0.29, 0.717) is 31.6 Å². The van der Waals surface area contributed by atoms with Gasteiger partial charge in [-0.25, -0.2) is 8.42 Å². The number of ether oxygens (including phenoxy) is 1. The number of aliphatic hydroxyl groups is 1. The molecule has 1 aliphatic heterocycles. The Morgan fingerprint density at radius 3 is 2.53 bits per heavy atom. The largest absolute Gasteiger partial charge is 0.495 e. The number of carbonyl (C=O) groups is 1. The van der Waals surface area contributed by atoms with E-state index < -0.39 is 10.0 Å². The van der Waals surface area contributed by atoms with E-state index in [-0.39, 0.29) is 40.4 Å². The second-order valence-corrected chi connectivity index (χ2v) is 10.9. The molecular formula is C22H34N2O5S. The molecule has 2 fully saturated rings. The molecule has 168 valence electrons. The molecule has 0 radical (unpaired) electrons. The number of hydrogen-bond acceptors (Lipinski definition) is 5. The van der Waals surface area contributed by atoms with Crippen molar-refractivity contribution in [2.24, 2.45) is 17.8 Å². The summed E-state index contributed by atoms with van der Waals surface area (Å²) in [5.41, 5.74) is 0.295. The first-order valence-corrected chi connectivity index (χ1v) is 12.3. The Kier molecular flexibility index (Phi) is 7.42. The molecule has 1 saturated carbocycles. The van der Waals surface area contributed by atoms with E-state index in [9.17, 15) is 18.3 Å². The molecule has 1 aromatic rings. The van der Waals surface area contributed by atoms with E-state index >= 15 is 0 Å². The SMILES string of the molecule is COc1ccc(C(=O)NC[C@@H]2CCC[C@H](O)C2)cc1S(=O)(=O)N1C[C@@H](C)C[C@H](C)C1. The first-order valence-electron chi connectivity index (χ1n) is 10.8. The summed E-state index contributed by atoms with van der Waals surface area (Å²) in [6, 6.07) is 4.55. The lowest BCUT2D eigenvalue weighted by Crippen LogP contribution is -2.42. The van der Waals surface area contributed by atoms with Gasteiger partial charge in [-0.15, -0.1) is 0 Å². The van der Waals surface area contributed by atoms with Crippen LogP contribution in [-0.2, 0) is 10.0 Å². The van der Waals surface area contributed by atoms with Gasteiger partial charge in [0, 0.05) is 25.2 Å². The number of nitrogens with one attached hydrogen (secondary N) is 1. The number of aliphatic hydroxyl groups excluding tert-OH is 1. The lowest BCUT2D eigenvalue weighted by atomic mass is 9.87. The van der Waals surface area contributed by atoms with Gasteiger partial charge in [-0.1, -0.05) is 20.3 Å². The Morgan fingerprint density at radius 1 is 1.20 bits per heavy atom. The van der Waals surface area contributed by atoms with Gasteiger partial charge in [0.05, 0.1) is 13.2 Å². The van der Waals surface area contributed by atoms with E-state index in [1.807, 2.05) is 0 Å². The highest BCUT2D eigenvalue weighted by Crippen LogP contribution is 2.32. The zero-order valence-corrected chi connectivity index (χ0v) is 19.0. The van der Waals surface area contributed by atoms with Crippen LogP contribution in [0.1, 0.15) is 56.3 Å². The van der Waals surface area contributed by atoms with Crippen molar-refractivity contribution in [2.75, 3.05) is 26.7 Å². The van der Waals surface area contributed by atoms with Crippen LogP contribution in [0.4, 0.5) is 0 Å². The fourth-order valence-corrected chi connectivity index (χ4v) is 6.61. The van der Waals surface area contributed by atoms with Crippen LogP contribution in [0, 0.1) is 17.8 Å². The normalized spacial score (nSPS) is 28.1. The molecule has 30 heavy (non-hydrogen) atoms. The van der Waals surface area contributed by atoms with Gasteiger partial charge in [0.1, 0.15) is 10.6 Å². The fourth-order valence-electron chi connectivity index (χ4n) is 4.75. The van der Waals surface area contributed by atoms with Crippen LogP contribution < -0.4 is 10.1 Å². The lowest BCUT2D eigenvalue weighted by Gasteiger charge is -2.34. The van der Waals surface area contributed by atoms with E-state index in [1.54, 1.807) is 12.1 Å². The van der Waals surface area contributed by atoms with Crippen LogP contribution in [0.15, 0.2) is 23.1 Å². The minimum absolute atomic E-state index is 0.0343. The molecule has 8 heteroatoms. The van der Waals surface area contributed by atoms with Crippen LogP contribution in [0.25, 0.3) is 0 Å². The Hall–Kier alpha value is -1.64. The minimum Gasteiger partial charge on any atom is -0.495 e. The standard InChI is InChI=1S/C22H34N2O5S/c1-15-9-16(2)14-24(13-15)30(27,28)21-11-18(7-8-20(21)29-3)22(26)23-12-17-5-4-6-19(25)10-17/h7-8,11,15-17,19,25H,4-6,9-10,12-14H2,1-3H3,(H,23,26)/t15-,16-,17+,19-/m0/s1. The highest BCUT2D eigenvalue weighted by atomic mass is 32.2. The number of nitrogens with zero attached hydrogens (tertiary/aromatic N) is 1. The van der Waals surface area contributed by atoms with Gasteiger partial charge in [0.15, 0.2) is 0 Å². The predicted molar refractivity (Wildman–Crippen MR) is 115 cm³/mol. The molecule has 1 saturated heterocycles. The highest BCUT2D eigenvalue weighted by molar-refractivity contribution is 7.89. The van der Waals surface area contributed by atoms with Crippen molar-refractivity contribution in [1.29, 1.82) is 0 Å². The third kappa shape index (κ3) is 5.34. The smallest absolute Gasteiger partial charge is 0.251 e. The number of benzene rings is 1. The van der Waals surface area contributed by atoms with Gasteiger partial charge in [-0.2, -0.15) is 4.31 Å². The van der Waals surface area contributed by atoms with Crippen molar-refractivity contribution in [3.05, 3.63) is 23.8 Å². The number of piperidine rings is 1. The molecule has 2 N–H and O–H groups in total. The summed E-state index contributed by atoms with van der Waals surface area (Å²) in [5, 5.41) is 12.7. The molecule has 0 bridgehead atoms. The zero-order valence-electron chi connectivity index (χ0n) is 18.1. The van der Waals surface area contributed by atoms with Crippen molar-refractivity contribution in [2.45, 2.75) is 57.0 Å². The molecule has 3 rings (SSSR count). The van der Waals surface area contributed by atoms with Crippen LogP contribution in [0.2, 0.25) is 0 Å². The fraction of sp³-hybridized carbons (Fsp3) is 0.682. The summed E-state index contributed by atoms with van der Waals surface area (Å²) < 4.78 is 33.5. The molecule has 2 aliphatic rings. The third-order valence-corrected chi connectivity index (χ3v) is 8.04. The first kappa shape index (κ1) is 23.0. The van der Waals surface area contributed by atoms with Crippen LogP contribution in [0.3, 0.4) is 0 Å². The number of rotatable bonds is 6. The quantitative estimate of drug-likeness (QED) is 0.712. The molecule has 4 atom stereocenters. The van der Waals surface area contributed by atoms with Crippen molar-refractivity contribution in [3.63, 3.8) is 0 Å². The van der Waals surface area contributed by atoms with Crippen molar-refractivity contribution in [1.82, 2.24) is 9.62 Å². The van der Waals surface area contributed by atoms with Crippen LogP contribution in [0.5, 0.6) is 5.75 Å². The Labute approximate surface area is 179 Å². The second kappa shape index (κ2) is 9.66. The van der Waals surface area contributed by atoms with Gasteiger partial charge in [-0.3, -0.25) is 4.79 Å². The number of methoxy groups -OCH3 is 1.